The molecule has 0 amide bonds. The number of rotatable bonds is 1. The van der Waals surface area contributed by atoms with E-state index in [9.17, 15) is 0 Å². The van der Waals surface area contributed by atoms with Crippen LogP contribution in [0.4, 0.5) is 0 Å². The van der Waals surface area contributed by atoms with Crippen LogP contribution in [0, 0.1) is 11.3 Å². The average molecular weight is 379 g/mol. The molecule has 3 unspecified atom stereocenters. The Morgan fingerprint density at radius 3 is 2.26 bits per heavy atom. The Morgan fingerprint density at radius 2 is 1.79 bits per heavy atom. The third kappa shape index (κ3) is 2.17. The number of guanidine groups is 1. The third-order valence-electron chi connectivity index (χ3n) is 5.04. The Labute approximate surface area is 133 Å². The lowest BCUT2D eigenvalue weighted by Gasteiger charge is -2.61. The van der Waals surface area contributed by atoms with Gasteiger partial charge in [-0.05, 0) is 19.3 Å². The van der Waals surface area contributed by atoms with Crippen LogP contribution in [-0.4, -0.2) is 62.7 Å². The molecule has 3 fully saturated rings. The molecular weight excluding hydrogens is 353 g/mol. The van der Waals surface area contributed by atoms with E-state index in [1.165, 1.54) is 25.7 Å². The fourth-order valence-corrected chi connectivity index (χ4v) is 4.14. The first-order chi connectivity index (χ1) is 8.56. The van der Waals surface area contributed by atoms with Gasteiger partial charge in [0.15, 0.2) is 5.96 Å². The van der Waals surface area contributed by atoms with E-state index < -0.39 is 0 Å². The van der Waals surface area contributed by atoms with Gasteiger partial charge in [0.05, 0.1) is 12.1 Å². The van der Waals surface area contributed by atoms with Gasteiger partial charge in [-0.3, -0.25) is 0 Å². The van der Waals surface area contributed by atoms with Crippen LogP contribution in [0.25, 0.3) is 0 Å². The van der Waals surface area contributed by atoms with Crippen molar-refractivity contribution in [1.29, 1.82) is 0 Å². The van der Waals surface area contributed by atoms with Crippen molar-refractivity contribution in [2.24, 2.45) is 16.3 Å². The van der Waals surface area contributed by atoms with Gasteiger partial charge >= 0.3 is 0 Å². The summed E-state index contributed by atoms with van der Waals surface area (Å²) in [6.45, 7) is 0.947. The van der Waals surface area contributed by atoms with E-state index in [1.54, 1.807) is 0 Å². The van der Waals surface area contributed by atoms with E-state index in [2.05, 4.69) is 38.0 Å². The van der Waals surface area contributed by atoms with Crippen LogP contribution in [0.2, 0.25) is 0 Å². The van der Waals surface area contributed by atoms with Gasteiger partial charge in [0.25, 0.3) is 0 Å². The molecule has 0 radical (unpaired) electrons. The zero-order valence-electron chi connectivity index (χ0n) is 12.4. The highest BCUT2D eigenvalue weighted by Crippen LogP contribution is 2.64. The lowest BCUT2D eigenvalue weighted by atomic mass is 9.46. The van der Waals surface area contributed by atoms with Gasteiger partial charge in [-0.25, -0.2) is 4.99 Å². The van der Waals surface area contributed by atoms with Gasteiger partial charge in [0.1, 0.15) is 0 Å². The number of hydrogen-bond acceptors (Lipinski definition) is 2. The summed E-state index contributed by atoms with van der Waals surface area (Å²) in [5.74, 6) is 1.77. The van der Waals surface area contributed by atoms with E-state index in [4.69, 9.17) is 9.73 Å². The minimum absolute atomic E-state index is 0. The summed E-state index contributed by atoms with van der Waals surface area (Å²) in [5, 5.41) is 0. The van der Waals surface area contributed by atoms with Crippen LogP contribution in [-0.2, 0) is 4.74 Å². The number of nitrogens with zero attached hydrogens (tertiary/aromatic N) is 3. The molecule has 5 heteroatoms. The molecule has 1 heterocycles. The van der Waals surface area contributed by atoms with Gasteiger partial charge in [-0.15, -0.1) is 24.0 Å². The lowest BCUT2D eigenvalue weighted by molar-refractivity contribution is -0.164. The van der Waals surface area contributed by atoms with Crippen LogP contribution in [0.1, 0.15) is 25.7 Å². The zero-order chi connectivity index (χ0) is 12.9. The Bertz CT molecular complexity index is 356. The molecule has 3 atom stereocenters. The first-order valence-corrected chi connectivity index (χ1v) is 7.10. The fraction of sp³-hybridized carbons (Fsp3) is 0.929. The number of aliphatic imine (C=N–C) groups is 1. The Morgan fingerprint density at radius 1 is 1.16 bits per heavy atom. The molecule has 0 aromatic carbocycles. The SMILES string of the molecule is CN(C)C(=NC1C2CCOC2C12CCC2)N(C)C.I. The summed E-state index contributed by atoms with van der Waals surface area (Å²) < 4.78 is 5.95. The van der Waals surface area contributed by atoms with Gasteiger partial charge < -0.3 is 14.5 Å². The average Bonchev–Trinajstić information content (AvgIpc) is 2.60. The van der Waals surface area contributed by atoms with E-state index in [-0.39, 0.29) is 24.0 Å². The Hall–Kier alpha value is -0.0400. The monoisotopic (exact) mass is 379 g/mol. The first kappa shape index (κ1) is 15.4. The molecule has 0 N–H and O–H groups in total. The van der Waals surface area contributed by atoms with E-state index in [0.29, 0.717) is 23.5 Å². The summed E-state index contributed by atoms with van der Waals surface area (Å²) in [5.41, 5.74) is 0.401. The molecule has 2 saturated carbocycles. The van der Waals surface area contributed by atoms with Crippen molar-refractivity contribution in [1.82, 2.24) is 9.80 Å². The van der Waals surface area contributed by atoms with Crippen molar-refractivity contribution < 1.29 is 4.74 Å². The van der Waals surface area contributed by atoms with E-state index in [0.717, 1.165) is 12.6 Å². The summed E-state index contributed by atoms with van der Waals surface area (Å²) in [7, 11) is 8.31. The second-order valence-electron chi connectivity index (χ2n) is 6.49. The number of halogens is 1. The Kier molecular flexibility index (Phi) is 4.35. The minimum atomic E-state index is 0. The van der Waals surface area contributed by atoms with Crippen LogP contribution < -0.4 is 0 Å². The van der Waals surface area contributed by atoms with E-state index >= 15 is 0 Å². The zero-order valence-corrected chi connectivity index (χ0v) is 14.8. The second-order valence-corrected chi connectivity index (χ2v) is 6.49. The maximum atomic E-state index is 5.95. The highest BCUT2D eigenvalue weighted by molar-refractivity contribution is 14.0. The molecule has 0 aromatic heterocycles. The molecule has 4 nitrogen and oxygen atoms in total. The summed E-state index contributed by atoms with van der Waals surface area (Å²) in [4.78, 5) is 9.33. The van der Waals surface area contributed by atoms with Gasteiger partial charge in [0, 0.05) is 46.1 Å². The lowest BCUT2D eigenvalue weighted by Crippen LogP contribution is -2.66. The minimum Gasteiger partial charge on any atom is -0.377 e. The summed E-state index contributed by atoms with van der Waals surface area (Å²) >= 11 is 0. The maximum absolute atomic E-state index is 5.95. The topological polar surface area (TPSA) is 28.1 Å². The van der Waals surface area contributed by atoms with Crippen molar-refractivity contribution >= 4 is 29.9 Å². The standard InChI is InChI=1S/C14H25N3O.HI/c1-16(2)13(17(3)4)15-11-10-6-9-18-12(10)14(11)7-5-8-14;/h10-12H,5-9H2,1-4H3;1H. The van der Waals surface area contributed by atoms with Crippen molar-refractivity contribution in [3.8, 4) is 0 Å². The number of ether oxygens (including phenoxy) is 1. The predicted octanol–water partition coefficient (Wildman–Crippen LogP) is 2.04. The molecule has 1 saturated heterocycles. The van der Waals surface area contributed by atoms with Crippen molar-refractivity contribution in [2.75, 3.05) is 34.8 Å². The number of hydrogen-bond donors (Lipinski definition) is 0. The van der Waals surface area contributed by atoms with Crippen LogP contribution in [0.5, 0.6) is 0 Å². The summed E-state index contributed by atoms with van der Waals surface area (Å²) in [6.07, 6.45) is 5.71. The molecule has 0 aromatic rings. The molecule has 0 bridgehead atoms. The normalized spacial score (nSPS) is 33.6. The molecule has 2 aliphatic carbocycles. The molecule has 110 valence electrons. The van der Waals surface area contributed by atoms with Crippen LogP contribution >= 0.6 is 24.0 Å². The van der Waals surface area contributed by atoms with Gasteiger partial charge in [0.2, 0.25) is 0 Å². The molecule has 3 aliphatic rings. The van der Waals surface area contributed by atoms with Gasteiger partial charge in [-0.1, -0.05) is 6.42 Å². The van der Waals surface area contributed by atoms with Gasteiger partial charge in [-0.2, -0.15) is 0 Å². The van der Waals surface area contributed by atoms with Crippen molar-refractivity contribution in [3.63, 3.8) is 0 Å². The van der Waals surface area contributed by atoms with Crippen LogP contribution in [0.3, 0.4) is 0 Å². The molecule has 1 spiro atoms. The predicted molar refractivity (Wildman–Crippen MR) is 88.1 cm³/mol. The second kappa shape index (κ2) is 5.39. The highest BCUT2D eigenvalue weighted by atomic mass is 127. The molecule has 19 heavy (non-hydrogen) atoms. The largest absolute Gasteiger partial charge is 0.377 e. The fourth-order valence-electron chi connectivity index (χ4n) is 4.14. The summed E-state index contributed by atoms with van der Waals surface area (Å²) in [6, 6.07) is 0.499. The first-order valence-electron chi connectivity index (χ1n) is 7.10. The smallest absolute Gasteiger partial charge is 0.195 e. The van der Waals surface area contributed by atoms with Crippen molar-refractivity contribution in [3.05, 3.63) is 0 Å². The molecular formula is C14H26IN3O. The molecule has 1 aliphatic heterocycles. The van der Waals surface area contributed by atoms with Crippen LogP contribution in [0.15, 0.2) is 4.99 Å². The van der Waals surface area contributed by atoms with Crippen molar-refractivity contribution in [2.45, 2.75) is 37.8 Å². The third-order valence-corrected chi connectivity index (χ3v) is 5.04. The Balaban J connectivity index is 0.00000133. The maximum Gasteiger partial charge on any atom is 0.195 e. The highest BCUT2D eigenvalue weighted by Gasteiger charge is 2.67. The quantitative estimate of drug-likeness (QED) is 0.397. The van der Waals surface area contributed by atoms with E-state index in [1.807, 2.05) is 0 Å². The number of fused-ring (bicyclic) bond motifs is 2. The molecule has 3 rings (SSSR count).